The summed E-state index contributed by atoms with van der Waals surface area (Å²) < 4.78 is 16.3. The van der Waals surface area contributed by atoms with E-state index in [4.69, 9.17) is 25.8 Å². The van der Waals surface area contributed by atoms with Crippen LogP contribution >= 0.6 is 11.6 Å². The molecule has 0 amide bonds. The van der Waals surface area contributed by atoms with Gasteiger partial charge in [-0.2, -0.15) is 0 Å². The summed E-state index contributed by atoms with van der Waals surface area (Å²) in [5.74, 6) is -0.0333. The van der Waals surface area contributed by atoms with Gasteiger partial charge in [-0.3, -0.25) is 0 Å². The molecule has 1 N–H and O–H groups in total. The number of benzene rings is 3. The van der Waals surface area contributed by atoms with Crippen LogP contribution in [0.4, 0.5) is 5.69 Å². The van der Waals surface area contributed by atoms with Crippen molar-refractivity contribution < 1.29 is 23.8 Å². The van der Waals surface area contributed by atoms with Crippen LogP contribution in [0, 0.1) is 6.92 Å². The molecule has 1 aliphatic heterocycles. The fourth-order valence-corrected chi connectivity index (χ4v) is 3.15. The molecule has 156 valence electrons. The van der Waals surface area contributed by atoms with Crippen LogP contribution < -0.4 is 10.1 Å². The number of ether oxygens (including phenoxy) is 3. The molecular weight excluding hydrogens is 418 g/mol. The summed E-state index contributed by atoms with van der Waals surface area (Å²) in [5, 5.41) is 2.83. The van der Waals surface area contributed by atoms with Crippen LogP contribution in [0.15, 0.2) is 89.6 Å². The van der Waals surface area contributed by atoms with E-state index in [0.29, 0.717) is 22.7 Å². The lowest BCUT2D eigenvalue weighted by Gasteiger charge is -2.17. The van der Waals surface area contributed by atoms with Gasteiger partial charge in [-0.25, -0.2) is 9.59 Å². The Balaban J connectivity index is 1.47. The average molecular weight is 436 g/mol. The molecule has 1 heterocycles. The van der Waals surface area contributed by atoms with Gasteiger partial charge in [0.05, 0.1) is 5.56 Å². The Morgan fingerprint density at radius 2 is 1.58 bits per heavy atom. The molecule has 6 nitrogen and oxygen atoms in total. The first-order chi connectivity index (χ1) is 15.0. The van der Waals surface area contributed by atoms with Gasteiger partial charge in [-0.1, -0.05) is 48.0 Å². The molecule has 0 aliphatic carbocycles. The Morgan fingerprint density at radius 3 is 2.29 bits per heavy atom. The molecule has 1 atom stereocenters. The molecular formula is C24H18ClNO5. The smallest absolute Gasteiger partial charge is 0.355 e. The molecule has 4 rings (SSSR count). The molecule has 0 saturated heterocycles. The monoisotopic (exact) mass is 435 g/mol. The number of hydrogen-bond donors (Lipinski definition) is 1. The van der Waals surface area contributed by atoms with Gasteiger partial charge >= 0.3 is 11.9 Å². The first kappa shape index (κ1) is 20.5. The van der Waals surface area contributed by atoms with E-state index < -0.39 is 18.2 Å². The highest BCUT2D eigenvalue weighted by Crippen LogP contribution is 2.30. The van der Waals surface area contributed by atoms with E-state index in [1.807, 2.05) is 36.4 Å². The van der Waals surface area contributed by atoms with Crippen molar-refractivity contribution in [1.29, 1.82) is 0 Å². The second-order valence-corrected chi connectivity index (χ2v) is 7.13. The summed E-state index contributed by atoms with van der Waals surface area (Å²) >= 11 is 6.10. The standard InChI is InChI=1S/C24H18ClNO5/c1-15-7-5-6-10-19(15)22(27)30-24-21(20(25)23(28)31-24)26-16-11-13-18(14-12-16)29-17-8-3-2-4-9-17/h2-14,24,26H,1H3. The SMILES string of the molecule is Cc1ccccc1C(=O)OC1OC(=O)C(Cl)=C1Nc1ccc(Oc2ccccc2)cc1. The van der Waals surface area contributed by atoms with Crippen molar-refractivity contribution in [3.05, 3.63) is 101 Å². The van der Waals surface area contributed by atoms with E-state index in [0.717, 1.165) is 5.56 Å². The number of hydrogen-bond acceptors (Lipinski definition) is 6. The fourth-order valence-electron chi connectivity index (χ4n) is 2.97. The van der Waals surface area contributed by atoms with Crippen LogP contribution in [-0.4, -0.2) is 18.2 Å². The highest BCUT2D eigenvalue weighted by atomic mass is 35.5. The Bertz CT molecular complexity index is 1140. The number of anilines is 1. The third kappa shape index (κ3) is 4.70. The predicted molar refractivity (Wildman–Crippen MR) is 116 cm³/mol. The van der Waals surface area contributed by atoms with Crippen LogP contribution in [0.25, 0.3) is 0 Å². The highest BCUT2D eigenvalue weighted by Gasteiger charge is 2.36. The molecule has 0 radical (unpaired) electrons. The lowest BCUT2D eigenvalue weighted by atomic mass is 10.1. The molecule has 1 aliphatic rings. The minimum absolute atomic E-state index is 0.158. The molecule has 3 aromatic rings. The number of cyclic esters (lactones) is 1. The maximum atomic E-state index is 12.5. The Morgan fingerprint density at radius 1 is 0.935 bits per heavy atom. The average Bonchev–Trinajstić information content (AvgIpc) is 3.03. The first-order valence-corrected chi connectivity index (χ1v) is 9.86. The number of carbonyl (C=O) groups is 2. The van der Waals surface area contributed by atoms with Crippen LogP contribution in [0.1, 0.15) is 15.9 Å². The summed E-state index contributed by atoms with van der Waals surface area (Å²) in [7, 11) is 0. The molecule has 0 saturated carbocycles. The van der Waals surface area contributed by atoms with Crippen molar-refractivity contribution in [3.8, 4) is 11.5 Å². The molecule has 31 heavy (non-hydrogen) atoms. The van der Waals surface area contributed by atoms with Gasteiger partial charge < -0.3 is 19.5 Å². The van der Waals surface area contributed by atoms with Crippen molar-refractivity contribution in [2.45, 2.75) is 13.2 Å². The zero-order chi connectivity index (χ0) is 21.8. The van der Waals surface area contributed by atoms with E-state index in [1.54, 1.807) is 49.4 Å². The van der Waals surface area contributed by atoms with Crippen molar-refractivity contribution in [2.24, 2.45) is 0 Å². The van der Waals surface area contributed by atoms with Crippen LogP contribution in [0.2, 0.25) is 0 Å². The number of carbonyl (C=O) groups excluding carboxylic acids is 2. The Kier molecular flexibility index (Phi) is 5.91. The lowest BCUT2D eigenvalue weighted by Crippen LogP contribution is -2.24. The van der Waals surface area contributed by atoms with E-state index in [9.17, 15) is 9.59 Å². The van der Waals surface area contributed by atoms with Gasteiger partial charge in [-0.05, 0) is 55.0 Å². The summed E-state index contributed by atoms with van der Waals surface area (Å²) in [6, 6.07) is 23.4. The molecule has 3 aromatic carbocycles. The largest absolute Gasteiger partial charge is 0.457 e. The van der Waals surface area contributed by atoms with Gasteiger partial charge in [-0.15, -0.1) is 0 Å². The van der Waals surface area contributed by atoms with Crippen molar-refractivity contribution in [3.63, 3.8) is 0 Å². The van der Waals surface area contributed by atoms with E-state index in [1.165, 1.54) is 0 Å². The molecule has 0 bridgehead atoms. The molecule has 0 fully saturated rings. The van der Waals surface area contributed by atoms with Gasteiger partial charge in [0, 0.05) is 5.69 Å². The van der Waals surface area contributed by atoms with Gasteiger partial charge in [0.25, 0.3) is 6.29 Å². The Labute approximate surface area is 184 Å². The minimum Gasteiger partial charge on any atom is -0.457 e. The lowest BCUT2D eigenvalue weighted by molar-refractivity contribution is -0.152. The number of para-hydroxylation sites is 1. The molecule has 7 heteroatoms. The van der Waals surface area contributed by atoms with Gasteiger partial charge in [0.2, 0.25) is 0 Å². The van der Waals surface area contributed by atoms with Crippen LogP contribution in [0.5, 0.6) is 11.5 Å². The Hall–Kier alpha value is -3.77. The summed E-state index contributed by atoms with van der Waals surface area (Å²) in [4.78, 5) is 24.5. The summed E-state index contributed by atoms with van der Waals surface area (Å²) in [6.07, 6.45) is -1.27. The maximum absolute atomic E-state index is 12.5. The highest BCUT2D eigenvalue weighted by molar-refractivity contribution is 6.42. The second-order valence-electron chi connectivity index (χ2n) is 6.75. The maximum Gasteiger partial charge on any atom is 0.355 e. The molecule has 0 spiro atoms. The first-order valence-electron chi connectivity index (χ1n) is 9.48. The number of halogens is 1. The summed E-state index contributed by atoms with van der Waals surface area (Å²) in [6.45, 7) is 1.79. The van der Waals surface area contributed by atoms with Crippen LogP contribution in [-0.2, 0) is 14.3 Å². The van der Waals surface area contributed by atoms with Gasteiger partial charge in [0.15, 0.2) is 5.03 Å². The predicted octanol–water partition coefficient (Wildman–Crippen LogP) is 5.39. The molecule has 1 unspecified atom stereocenters. The molecule has 0 aromatic heterocycles. The van der Waals surface area contributed by atoms with Gasteiger partial charge in [0.1, 0.15) is 17.2 Å². The topological polar surface area (TPSA) is 73.9 Å². The fraction of sp³-hybridized carbons (Fsp3) is 0.0833. The van der Waals surface area contributed by atoms with E-state index in [-0.39, 0.29) is 10.7 Å². The summed E-state index contributed by atoms with van der Waals surface area (Å²) in [5.41, 5.74) is 1.90. The number of rotatable bonds is 6. The third-order valence-electron chi connectivity index (χ3n) is 4.56. The van der Waals surface area contributed by atoms with Crippen molar-refractivity contribution >= 4 is 29.2 Å². The quantitative estimate of drug-likeness (QED) is 0.523. The number of esters is 2. The number of aryl methyl sites for hydroxylation is 1. The minimum atomic E-state index is -1.27. The normalized spacial score (nSPS) is 15.4. The van der Waals surface area contributed by atoms with Crippen molar-refractivity contribution in [2.75, 3.05) is 5.32 Å². The van der Waals surface area contributed by atoms with Crippen molar-refractivity contribution in [1.82, 2.24) is 0 Å². The zero-order valence-corrected chi connectivity index (χ0v) is 17.3. The van der Waals surface area contributed by atoms with E-state index in [2.05, 4.69) is 5.32 Å². The van der Waals surface area contributed by atoms with E-state index >= 15 is 0 Å². The zero-order valence-electron chi connectivity index (χ0n) is 16.5. The van der Waals surface area contributed by atoms with Crippen LogP contribution in [0.3, 0.4) is 0 Å². The third-order valence-corrected chi connectivity index (χ3v) is 4.91. The second kappa shape index (κ2) is 8.93. The number of nitrogens with one attached hydrogen (secondary N) is 1.